The van der Waals surface area contributed by atoms with Crippen LogP contribution >= 0.6 is 12.2 Å². The van der Waals surface area contributed by atoms with Gasteiger partial charge in [0.25, 0.3) is 5.91 Å². The SMILES string of the molecule is NC(=S)/C(=N/Nc1cccc(C(F)(F)F)c1)C(=O)N1CCCC1. The van der Waals surface area contributed by atoms with Gasteiger partial charge in [-0.2, -0.15) is 18.3 Å². The van der Waals surface area contributed by atoms with E-state index in [1.807, 2.05) is 0 Å². The van der Waals surface area contributed by atoms with Gasteiger partial charge in [-0.25, -0.2) is 0 Å². The summed E-state index contributed by atoms with van der Waals surface area (Å²) in [5.41, 5.74) is 7.02. The van der Waals surface area contributed by atoms with Crippen molar-refractivity contribution in [2.24, 2.45) is 10.8 Å². The minimum Gasteiger partial charge on any atom is -0.388 e. The van der Waals surface area contributed by atoms with Crippen LogP contribution in [0, 0.1) is 0 Å². The highest BCUT2D eigenvalue weighted by molar-refractivity contribution is 7.82. The molecule has 23 heavy (non-hydrogen) atoms. The summed E-state index contributed by atoms with van der Waals surface area (Å²) in [7, 11) is 0. The second-order valence-electron chi connectivity index (χ2n) is 5.01. The Morgan fingerprint density at radius 3 is 2.52 bits per heavy atom. The van der Waals surface area contributed by atoms with Crippen molar-refractivity contribution in [2.45, 2.75) is 19.0 Å². The third-order valence-electron chi connectivity index (χ3n) is 3.32. The zero-order chi connectivity index (χ0) is 17.0. The summed E-state index contributed by atoms with van der Waals surface area (Å²) >= 11 is 4.81. The molecule has 1 heterocycles. The fraction of sp³-hybridized carbons (Fsp3) is 0.357. The first-order valence-electron chi connectivity index (χ1n) is 6.89. The first kappa shape index (κ1) is 17.2. The maximum atomic E-state index is 12.7. The number of halogens is 3. The summed E-state index contributed by atoms with van der Waals surface area (Å²) in [5.74, 6) is -0.422. The van der Waals surface area contributed by atoms with Crippen LogP contribution in [0.25, 0.3) is 0 Å². The molecule has 0 aromatic heterocycles. The zero-order valence-electron chi connectivity index (χ0n) is 12.1. The number of rotatable bonds is 4. The van der Waals surface area contributed by atoms with Crippen molar-refractivity contribution in [3.8, 4) is 0 Å². The van der Waals surface area contributed by atoms with Crippen LogP contribution in [0.5, 0.6) is 0 Å². The lowest BCUT2D eigenvalue weighted by atomic mass is 10.2. The molecule has 2 rings (SSSR count). The molecule has 1 amide bonds. The molecule has 0 unspecified atom stereocenters. The number of alkyl halides is 3. The Hall–Kier alpha value is -2.16. The predicted molar refractivity (Wildman–Crippen MR) is 85.1 cm³/mol. The van der Waals surface area contributed by atoms with Gasteiger partial charge in [0.2, 0.25) is 0 Å². The van der Waals surface area contributed by atoms with Crippen LogP contribution in [0.15, 0.2) is 29.4 Å². The molecule has 1 aliphatic heterocycles. The molecule has 0 spiro atoms. The van der Waals surface area contributed by atoms with E-state index >= 15 is 0 Å². The molecule has 0 bridgehead atoms. The first-order chi connectivity index (χ1) is 10.8. The molecular formula is C14H15F3N4OS. The fourth-order valence-electron chi connectivity index (χ4n) is 2.16. The van der Waals surface area contributed by atoms with Gasteiger partial charge in [0, 0.05) is 13.1 Å². The highest BCUT2D eigenvalue weighted by Gasteiger charge is 2.30. The summed E-state index contributed by atoms with van der Waals surface area (Å²) < 4.78 is 38.0. The minimum atomic E-state index is -4.46. The fourth-order valence-corrected chi connectivity index (χ4v) is 2.30. The second-order valence-corrected chi connectivity index (χ2v) is 5.45. The lowest BCUT2D eigenvalue weighted by Crippen LogP contribution is -2.40. The van der Waals surface area contributed by atoms with E-state index < -0.39 is 17.6 Å². The maximum absolute atomic E-state index is 12.7. The van der Waals surface area contributed by atoms with Crippen LogP contribution in [-0.2, 0) is 11.0 Å². The standard InChI is InChI=1S/C14H15F3N4OS/c15-14(16,17)9-4-3-5-10(8-9)19-20-11(12(18)23)13(22)21-6-1-2-7-21/h3-5,8,19H,1-2,6-7H2,(H2,18,23)/b20-11-. The number of carbonyl (C=O) groups is 1. The third-order valence-corrected chi connectivity index (χ3v) is 3.51. The Morgan fingerprint density at radius 2 is 1.96 bits per heavy atom. The first-order valence-corrected chi connectivity index (χ1v) is 7.30. The van der Waals surface area contributed by atoms with Crippen LogP contribution in [0.2, 0.25) is 0 Å². The molecule has 0 atom stereocenters. The van der Waals surface area contributed by atoms with Gasteiger partial charge in [-0.1, -0.05) is 18.3 Å². The normalized spacial score (nSPS) is 15.6. The van der Waals surface area contributed by atoms with Gasteiger partial charge in [-0.15, -0.1) is 0 Å². The molecule has 1 aromatic rings. The molecule has 1 aliphatic rings. The van der Waals surface area contributed by atoms with Crippen molar-refractivity contribution in [1.29, 1.82) is 0 Å². The van der Waals surface area contributed by atoms with E-state index in [1.165, 1.54) is 12.1 Å². The van der Waals surface area contributed by atoms with E-state index in [0.29, 0.717) is 13.1 Å². The Morgan fingerprint density at radius 1 is 1.30 bits per heavy atom. The highest BCUT2D eigenvalue weighted by Crippen LogP contribution is 2.30. The number of nitrogens with one attached hydrogen (secondary N) is 1. The van der Waals surface area contributed by atoms with Crippen LogP contribution in [0.4, 0.5) is 18.9 Å². The molecule has 124 valence electrons. The quantitative estimate of drug-likeness (QED) is 0.500. The number of anilines is 1. The summed E-state index contributed by atoms with van der Waals surface area (Å²) in [5, 5.41) is 3.80. The smallest absolute Gasteiger partial charge is 0.388 e. The Balaban J connectivity index is 2.18. The average Bonchev–Trinajstić information content (AvgIpc) is 3.00. The minimum absolute atomic E-state index is 0.0859. The van der Waals surface area contributed by atoms with Crippen LogP contribution < -0.4 is 11.2 Å². The van der Waals surface area contributed by atoms with Crippen LogP contribution in [0.1, 0.15) is 18.4 Å². The van der Waals surface area contributed by atoms with Gasteiger partial charge in [-0.05, 0) is 31.0 Å². The van der Waals surface area contributed by atoms with Crippen molar-refractivity contribution >= 4 is 34.5 Å². The molecule has 0 aliphatic carbocycles. The summed E-state index contributed by atoms with van der Waals surface area (Å²) in [6, 6.07) is 4.47. The summed E-state index contributed by atoms with van der Waals surface area (Å²) in [6.07, 6.45) is -2.69. The van der Waals surface area contributed by atoms with Crippen molar-refractivity contribution in [3.05, 3.63) is 29.8 Å². The molecule has 1 saturated heterocycles. The molecule has 1 aromatic carbocycles. The molecule has 5 nitrogen and oxygen atoms in total. The van der Waals surface area contributed by atoms with E-state index in [0.717, 1.165) is 25.0 Å². The number of amides is 1. The average molecular weight is 344 g/mol. The van der Waals surface area contributed by atoms with Gasteiger partial charge in [0.05, 0.1) is 11.3 Å². The van der Waals surface area contributed by atoms with Gasteiger partial charge >= 0.3 is 6.18 Å². The predicted octanol–water partition coefficient (Wildman–Crippen LogP) is 2.38. The number of hydrogen-bond donors (Lipinski definition) is 2. The van der Waals surface area contributed by atoms with Gasteiger partial charge in [0.15, 0.2) is 5.71 Å². The summed E-state index contributed by atoms with van der Waals surface area (Å²) in [4.78, 5) is 13.6. The zero-order valence-corrected chi connectivity index (χ0v) is 12.9. The van der Waals surface area contributed by atoms with Gasteiger partial charge < -0.3 is 10.6 Å². The van der Waals surface area contributed by atoms with Crippen LogP contribution in [0.3, 0.4) is 0 Å². The number of hydrogen-bond acceptors (Lipinski definition) is 4. The Labute approximate surface area is 136 Å². The number of likely N-dealkylation sites (tertiary alicyclic amines) is 1. The molecular weight excluding hydrogens is 329 g/mol. The van der Waals surface area contributed by atoms with E-state index in [9.17, 15) is 18.0 Å². The number of nitrogens with two attached hydrogens (primary N) is 1. The van der Waals surface area contributed by atoms with Crippen molar-refractivity contribution in [2.75, 3.05) is 18.5 Å². The number of nitrogens with zero attached hydrogens (tertiary/aromatic N) is 2. The third kappa shape index (κ3) is 4.41. The number of thiocarbonyl (C=S) groups is 1. The lowest BCUT2D eigenvalue weighted by molar-refractivity contribution is -0.137. The van der Waals surface area contributed by atoms with Gasteiger partial charge in [0.1, 0.15) is 4.99 Å². The monoisotopic (exact) mass is 344 g/mol. The highest BCUT2D eigenvalue weighted by atomic mass is 32.1. The van der Waals surface area contributed by atoms with Gasteiger partial charge in [-0.3, -0.25) is 10.2 Å². The Kier molecular flexibility index (Phi) is 5.19. The largest absolute Gasteiger partial charge is 0.416 e. The topological polar surface area (TPSA) is 70.7 Å². The lowest BCUT2D eigenvalue weighted by Gasteiger charge is -2.16. The Bertz CT molecular complexity index is 639. The van der Waals surface area contributed by atoms with E-state index in [4.69, 9.17) is 18.0 Å². The number of benzene rings is 1. The molecule has 0 saturated carbocycles. The molecule has 9 heteroatoms. The second kappa shape index (κ2) is 6.95. The summed E-state index contributed by atoms with van der Waals surface area (Å²) in [6.45, 7) is 1.17. The molecule has 0 radical (unpaired) electrons. The van der Waals surface area contributed by atoms with E-state index in [-0.39, 0.29) is 16.4 Å². The van der Waals surface area contributed by atoms with Crippen LogP contribution in [-0.4, -0.2) is 34.6 Å². The molecule has 1 fully saturated rings. The van der Waals surface area contributed by atoms with Crippen molar-refractivity contribution in [3.63, 3.8) is 0 Å². The maximum Gasteiger partial charge on any atom is 0.416 e. The van der Waals surface area contributed by atoms with E-state index in [2.05, 4.69) is 10.5 Å². The number of carbonyl (C=O) groups excluding carboxylic acids is 1. The van der Waals surface area contributed by atoms with Crippen molar-refractivity contribution < 1.29 is 18.0 Å². The number of hydrazone groups is 1. The molecule has 3 N–H and O–H groups in total. The van der Waals surface area contributed by atoms with Crippen molar-refractivity contribution in [1.82, 2.24) is 4.90 Å². The van der Waals surface area contributed by atoms with E-state index in [1.54, 1.807) is 4.90 Å².